The Morgan fingerprint density at radius 1 is 1.19 bits per heavy atom. The van der Waals surface area contributed by atoms with Crippen LogP contribution in [-0.4, -0.2) is 54.8 Å². The predicted octanol–water partition coefficient (Wildman–Crippen LogP) is 3.56. The monoisotopic (exact) mass is 460 g/mol. The van der Waals surface area contributed by atoms with Crippen molar-refractivity contribution in [2.24, 2.45) is 0 Å². The number of halogens is 2. The van der Waals surface area contributed by atoms with Gasteiger partial charge in [0, 0.05) is 51.7 Å². The first-order valence-electron chi connectivity index (χ1n) is 10.4. The number of imide groups is 1. The topological polar surface area (TPSA) is 66.9 Å². The van der Waals surface area contributed by atoms with Crippen molar-refractivity contribution in [3.63, 3.8) is 0 Å². The molecule has 0 spiro atoms. The number of amides is 3. The van der Waals surface area contributed by atoms with E-state index >= 15 is 0 Å². The molecular weight excluding hydrogens is 435 g/mol. The summed E-state index contributed by atoms with van der Waals surface area (Å²) in [6, 6.07) is 12.7. The minimum absolute atomic E-state index is 0.126. The molecule has 0 aliphatic carbocycles. The minimum atomic E-state index is -1.36. The number of rotatable bonds is 9. The predicted molar refractivity (Wildman–Crippen MR) is 118 cm³/mol. The van der Waals surface area contributed by atoms with Crippen LogP contribution in [0.1, 0.15) is 30.4 Å². The standard InChI is InChI=1S/C24H26ClFN2O4/c1-27(16-17-8-10-18(26)11-9-17)21(29)14-24(19-6-3-4-7-20(19)25)15-22(30)28(23(24)31)12-5-13-32-2/h3-4,6-11H,5,12-16H2,1-2H3. The molecule has 1 fully saturated rings. The molecule has 1 heterocycles. The van der Waals surface area contributed by atoms with E-state index < -0.39 is 11.3 Å². The van der Waals surface area contributed by atoms with Gasteiger partial charge in [0.2, 0.25) is 17.7 Å². The third-order valence-electron chi connectivity index (χ3n) is 5.74. The second-order valence-corrected chi connectivity index (χ2v) is 8.40. The molecular formula is C24H26ClFN2O4. The zero-order chi connectivity index (χ0) is 23.3. The number of ether oxygens (including phenoxy) is 1. The first kappa shape index (κ1) is 23.9. The van der Waals surface area contributed by atoms with Crippen LogP contribution in [-0.2, 0) is 31.1 Å². The van der Waals surface area contributed by atoms with E-state index in [1.54, 1.807) is 50.6 Å². The summed E-state index contributed by atoms with van der Waals surface area (Å²) in [6.07, 6.45) is 0.184. The van der Waals surface area contributed by atoms with Gasteiger partial charge in [-0.25, -0.2) is 4.39 Å². The summed E-state index contributed by atoms with van der Waals surface area (Å²) in [7, 11) is 3.17. The van der Waals surface area contributed by atoms with Crippen LogP contribution in [0, 0.1) is 5.82 Å². The number of nitrogens with zero attached hydrogens (tertiary/aromatic N) is 2. The second-order valence-electron chi connectivity index (χ2n) is 7.99. The molecule has 1 unspecified atom stereocenters. The Morgan fingerprint density at radius 2 is 1.88 bits per heavy atom. The Morgan fingerprint density at radius 3 is 2.53 bits per heavy atom. The molecule has 3 amide bonds. The molecule has 0 aromatic heterocycles. The van der Waals surface area contributed by atoms with Gasteiger partial charge in [0.05, 0.1) is 5.41 Å². The lowest BCUT2D eigenvalue weighted by atomic mass is 9.75. The number of benzene rings is 2. The molecule has 8 heteroatoms. The largest absolute Gasteiger partial charge is 0.385 e. The fourth-order valence-electron chi connectivity index (χ4n) is 4.03. The molecule has 0 bridgehead atoms. The van der Waals surface area contributed by atoms with Gasteiger partial charge in [0.25, 0.3) is 0 Å². The molecule has 0 N–H and O–H groups in total. The minimum Gasteiger partial charge on any atom is -0.385 e. The van der Waals surface area contributed by atoms with E-state index in [-0.39, 0.29) is 43.6 Å². The average molecular weight is 461 g/mol. The molecule has 170 valence electrons. The number of methoxy groups -OCH3 is 1. The number of likely N-dealkylation sites (tertiary alicyclic amines) is 1. The van der Waals surface area contributed by atoms with Crippen molar-refractivity contribution >= 4 is 29.3 Å². The van der Waals surface area contributed by atoms with Crippen LogP contribution in [0.2, 0.25) is 5.02 Å². The lowest BCUT2D eigenvalue weighted by Gasteiger charge is -2.30. The molecule has 32 heavy (non-hydrogen) atoms. The first-order chi connectivity index (χ1) is 15.3. The maximum atomic E-state index is 13.5. The summed E-state index contributed by atoms with van der Waals surface area (Å²) in [5.41, 5.74) is -0.141. The van der Waals surface area contributed by atoms with Crippen molar-refractivity contribution in [2.75, 3.05) is 27.3 Å². The van der Waals surface area contributed by atoms with Gasteiger partial charge < -0.3 is 9.64 Å². The van der Waals surface area contributed by atoms with Crippen molar-refractivity contribution in [1.82, 2.24) is 9.80 Å². The third-order valence-corrected chi connectivity index (χ3v) is 6.07. The Kier molecular flexibility index (Phi) is 7.64. The molecule has 1 saturated heterocycles. The highest BCUT2D eigenvalue weighted by molar-refractivity contribution is 6.32. The summed E-state index contributed by atoms with van der Waals surface area (Å²) in [6.45, 7) is 0.879. The lowest BCUT2D eigenvalue weighted by molar-refractivity contribution is -0.142. The summed E-state index contributed by atoms with van der Waals surface area (Å²) >= 11 is 6.43. The Hall–Kier alpha value is -2.77. The van der Waals surface area contributed by atoms with Crippen LogP contribution >= 0.6 is 11.6 Å². The van der Waals surface area contributed by atoms with Gasteiger partial charge in [-0.05, 0) is 35.7 Å². The van der Waals surface area contributed by atoms with Crippen molar-refractivity contribution in [2.45, 2.75) is 31.2 Å². The van der Waals surface area contributed by atoms with Crippen LogP contribution in [0.5, 0.6) is 0 Å². The van der Waals surface area contributed by atoms with E-state index in [0.717, 1.165) is 5.56 Å². The van der Waals surface area contributed by atoms with Crippen LogP contribution in [0.25, 0.3) is 0 Å². The van der Waals surface area contributed by atoms with Gasteiger partial charge in [0.15, 0.2) is 0 Å². The molecule has 0 saturated carbocycles. The molecule has 3 rings (SSSR count). The zero-order valence-corrected chi connectivity index (χ0v) is 18.9. The van der Waals surface area contributed by atoms with Crippen LogP contribution < -0.4 is 0 Å². The van der Waals surface area contributed by atoms with Gasteiger partial charge in [-0.3, -0.25) is 19.3 Å². The second kappa shape index (κ2) is 10.2. The first-order valence-corrected chi connectivity index (χ1v) is 10.7. The van der Waals surface area contributed by atoms with E-state index in [4.69, 9.17) is 16.3 Å². The van der Waals surface area contributed by atoms with Crippen LogP contribution in [0.3, 0.4) is 0 Å². The number of carbonyl (C=O) groups is 3. The zero-order valence-electron chi connectivity index (χ0n) is 18.1. The smallest absolute Gasteiger partial charge is 0.240 e. The molecule has 1 aliphatic heterocycles. The highest BCUT2D eigenvalue weighted by Gasteiger charge is 2.54. The molecule has 2 aromatic rings. The van der Waals surface area contributed by atoms with Gasteiger partial charge >= 0.3 is 0 Å². The number of hydrogen-bond donors (Lipinski definition) is 0. The van der Waals surface area contributed by atoms with Gasteiger partial charge in [-0.15, -0.1) is 0 Å². The van der Waals surface area contributed by atoms with Gasteiger partial charge in [0.1, 0.15) is 5.82 Å². The van der Waals surface area contributed by atoms with Gasteiger partial charge in [-0.2, -0.15) is 0 Å². The highest BCUT2D eigenvalue weighted by Crippen LogP contribution is 2.43. The van der Waals surface area contributed by atoms with Crippen LogP contribution in [0.15, 0.2) is 48.5 Å². The third kappa shape index (κ3) is 5.00. The van der Waals surface area contributed by atoms with E-state index in [1.807, 2.05) is 0 Å². The summed E-state index contributed by atoms with van der Waals surface area (Å²) < 4.78 is 18.2. The fraction of sp³-hybridized carbons (Fsp3) is 0.375. The molecule has 1 atom stereocenters. The fourth-order valence-corrected chi connectivity index (χ4v) is 4.35. The molecule has 1 aliphatic rings. The highest BCUT2D eigenvalue weighted by atomic mass is 35.5. The Labute approximate surface area is 191 Å². The molecule has 6 nitrogen and oxygen atoms in total. The molecule has 2 aromatic carbocycles. The number of hydrogen-bond acceptors (Lipinski definition) is 4. The number of carbonyl (C=O) groups excluding carboxylic acids is 3. The van der Waals surface area contributed by atoms with Crippen molar-refractivity contribution in [1.29, 1.82) is 0 Å². The Bertz CT molecular complexity index is 998. The van der Waals surface area contributed by atoms with Gasteiger partial charge in [-0.1, -0.05) is 41.9 Å². The quantitative estimate of drug-likeness (QED) is 0.424. The van der Waals surface area contributed by atoms with E-state index in [1.165, 1.54) is 21.9 Å². The maximum Gasteiger partial charge on any atom is 0.240 e. The van der Waals surface area contributed by atoms with E-state index in [0.29, 0.717) is 23.6 Å². The lowest BCUT2D eigenvalue weighted by Crippen LogP contribution is -2.43. The van der Waals surface area contributed by atoms with Crippen molar-refractivity contribution in [3.8, 4) is 0 Å². The van der Waals surface area contributed by atoms with E-state index in [9.17, 15) is 18.8 Å². The maximum absolute atomic E-state index is 13.5. The summed E-state index contributed by atoms with van der Waals surface area (Å²) in [5, 5.41) is 0.335. The summed E-state index contributed by atoms with van der Waals surface area (Å²) in [5.74, 6) is -1.42. The SMILES string of the molecule is COCCCN1C(=O)CC(CC(=O)N(C)Cc2ccc(F)cc2)(c2ccccc2Cl)C1=O. The molecule has 0 radical (unpaired) electrons. The summed E-state index contributed by atoms with van der Waals surface area (Å²) in [4.78, 5) is 42.2. The van der Waals surface area contributed by atoms with E-state index in [2.05, 4.69) is 0 Å². The van der Waals surface area contributed by atoms with Crippen molar-refractivity contribution in [3.05, 3.63) is 70.5 Å². The average Bonchev–Trinajstić information content (AvgIpc) is 3.00. The van der Waals surface area contributed by atoms with Crippen molar-refractivity contribution < 1.29 is 23.5 Å². The Balaban J connectivity index is 1.88. The normalized spacial score (nSPS) is 18.3. The van der Waals surface area contributed by atoms with Crippen LogP contribution in [0.4, 0.5) is 4.39 Å².